The van der Waals surface area contributed by atoms with Gasteiger partial charge in [0, 0.05) is 12.9 Å². The number of carboxylic acid groups (broad SMARTS) is 1. The van der Waals surface area contributed by atoms with Gasteiger partial charge < -0.3 is 15.4 Å². The van der Waals surface area contributed by atoms with E-state index in [0.29, 0.717) is 0 Å². The van der Waals surface area contributed by atoms with Crippen LogP contribution in [-0.2, 0) is 18.4 Å². The fourth-order valence-corrected chi connectivity index (χ4v) is 0.933. The highest BCUT2D eigenvalue weighted by Gasteiger charge is 2.03. The normalized spacial score (nSPS) is 8.29. The molecule has 1 rings (SSSR count). The lowest BCUT2D eigenvalue weighted by molar-refractivity contribution is -0.677. The van der Waals surface area contributed by atoms with Crippen LogP contribution in [-0.4, -0.2) is 16.0 Å². The standard InChI is InChI=1S/C7H13N2.C2H4O2.H2O/c1-4-9-6-5-8(3)7(9)2;1-2(3)4;/h5-6H,4H2,1-3H3;1H3,(H,3,4);1H2/q+1;;/p-1. The van der Waals surface area contributed by atoms with Gasteiger partial charge in [-0.3, -0.25) is 0 Å². The van der Waals surface area contributed by atoms with E-state index in [1.165, 1.54) is 5.82 Å². The van der Waals surface area contributed by atoms with Crippen molar-refractivity contribution in [2.45, 2.75) is 27.3 Å². The van der Waals surface area contributed by atoms with Gasteiger partial charge in [-0.05, 0) is 13.8 Å². The fourth-order valence-electron chi connectivity index (χ4n) is 0.933. The minimum atomic E-state index is -1.08. The van der Waals surface area contributed by atoms with E-state index >= 15 is 0 Å². The smallest absolute Gasteiger partial charge is 0.252 e. The van der Waals surface area contributed by atoms with Crippen molar-refractivity contribution in [1.29, 1.82) is 0 Å². The third-order valence-corrected chi connectivity index (χ3v) is 1.74. The van der Waals surface area contributed by atoms with E-state index in [1.54, 1.807) is 0 Å². The van der Waals surface area contributed by atoms with Gasteiger partial charge in [0.25, 0.3) is 5.82 Å². The maximum atomic E-state index is 8.89. The zero-order chi connectivity index (χ0) is 10.4. The van der Waals surface area contributed by atoms with E-state index in [0.717, 1.165) is 13.5 Å². The molecule has 0 bridgehead atoms. The molecule has 82 valence electrons. The summed E-state index contributed by atoms with van der Waals surface area (Å²) in [6.07, 6.45) is 4.16. The van der Waals surface area contributed by atoms with E-state index in [-0.39, 0.29) is 5.48 Å². The van der Waals surface area contributed by atoms with Crippen molar-refractivity contribution in [2.75, 3.05) is 0 Å². The molecular weight excluding hydrogens is 184 g/mol. The predicted molar refractivity (Wildman–Crippen MR) is 50.3 cm³/mol. The summed E-state index contributed by atoms with van der Waals surface area (Å²) in [5.74, 6) is 0.220. The maximum Gasteiger partial charge on any atom is 0.252 e. The zero-order valence-electron chi connectivity index (χ0n) is 9.07. The second-order valence-electron chi connectivity index (χ2n) is 2.73. The summed E-state index contributed by atoms with van der Waals surface area (Å²) in [6, 6.07) is 0. The van der Waals surface area contributed by atoms with Crippen LogP contribution in [0.3, 0.4) is 0 Å². The Hall–Kier alpha value is -1.36. The lowest BCUT2D eigenvalue weighted by atomic mass is 10.6. The molecule has 0 fully saturated rings. The van der Waals surface area contributed by atoms with Crippen LogP contribution in [0.25, 0.3) is 0 Å². The molecule has 0 aliphatic rings. The Morgan fingerprint density at radius 2 is 2.07 bits per heavy atom. The van der Waals surface area contributed by atoms with Crippen LogP contribution >= 0.6 is 0 Å². The second kappa shape index (κ2) is 7.08. The monoisotopic (exact) mass is 202 g/mol. The van der Waals surface area contributed by atoms with Crippen molar-refractivity contribution in [3.05, 3.63) is 18.2 Å². The fraction of sp³-hybridized carbons (Fsp3) is 0.556. The molecule has 1 aromatic heterocycles. The molecule has 2 N–H and O–H groups in total. The number of rotatable bonds is 1. The minimum Gasteiger partial charge on any atom is -0.550 e. The van der Waals surface area contributed by atoms with Crippen molar-refractivity contribution < 1.29 is 19.9 Å². The van der Waals surface area contributed by atoms with Crippen LogP contribution in [0.4, 0.5) is 0 Å². The highest BCUT2D eigenvalue weighted by molar-refractivity contribution is 5.60. The highest BCUT2D eigenvalue weighted by atomic mass is 16.4. The third-order valence-electron chi connectivity index (χ3n) is 1.74. The van der Waals surface area contributed by atoms with Gasteiger partial charge in [-0.2, -0.15) is 0 Å². The molecule has 1 aromatic rings. The molecule has 5 heteroatoms. The summed E-state index contributed by atoms with van der Waals surface area (Å²) < 4.78 is 4.32. The highest BCUT2D eigenvalue weighted by Crippen LogP contribution is 1.89. The number of hydrogen-bond donors (Lipinski definition) is 0. The van der Waals surface area contributed by atoms with Crippen LogP contribution in [0.2, 0.25) is 0 Å². The number of hydrogen-bond acceptors (Lipinski definition) is 2. The van der Waals surface area contributed by atoms with Crippen molar-refractivity contribution in [3.63, 3.8) is 0 Å². The predicted octanol–water partition coefficient (Wildman–Crippen LogP) is -1.43. The molecule has 0 aromatic carbocycles. The molecule has 0 saturated carbocycles. The molecule has 0 aliphatic carbocycles. The van der Waals surface area contributed by atoms with Crippen LogP contribution in [0.1, 0.15) is 19.7 Å². The zero-order valence-corrected chi connectivity index (χ0v) is 9.07. The number of nitrogens with zero attached hydrogens (tertiary/aromatic N) is 2. The van der Waals surface area contributed by atoms with E-state index in [2.05, 4.69) is 42.4 Å². The third kappa shape index (κ3) is 5.31. The van der Waals surface area contributed by atoms with Gasteiger partial charge >= 0.3 is 0 Å². The number of aromatic nitrogens is 2. The molecule has 0 atom stereocenters. The van der Waals surface area contributed by atoms with E-state index in [4.69, 9.17) is 9.90 Å². The minimum absolute atomic E-state index is 0. The number of imidazole rings is 1. The number of carbonyl (C=O) groups is 1. The first-order valence-electron chi connectivity index (χ1n) is 4.18. The van der Waals surface area contributed by atoms with Crippen molar-refractivity contribution in [2.24, 2.45) is 7.05 Å². The molecule has 0 radical (unpaired) electrons. The Morgan fingerprint density at radius 1 is 1.64 bits per heavy atom. The van der Waals surface area contributed by atoms with Crippen molar-refractivity contribution >= 4 is 5.97 Å². The maximum absolute atomic E-state index is 8.89. The van der Waals surface area contributed by atoms with Crippen LogP contribution < -0.4 is 9.67 Å². The molecule has 0 spiro atoms. The summed E-state index contributed by atoms with van der Waals surface area (Å²) in [7, 11) is 2.06. The second-order valence-corrected chi connectivity index (χ2v) is 2.73. The van der Waals surface area contributed by atoms with Gasteiger partial charge in [0.15, 0.2) is 0 Å². The summed E-state index contributed by atoms with van der Waals surface area (Å²) >= 11 is 0. The average Bonchev–Trinajstić information content (AvgIpc) is 2.32. The van der Waals surface area contributed by atoms with Crippen LogP contribution in [0.5, 0.6) is 0 Å². The van der Waals surface area contributed by atoms with Gasteiger partial charge in [0.2, 0.25) is 0 Å². The Labute approximate surface area is 83.9 Å². The summed E-state index contributed by atoms with van der Waals surface area (Å²) in [5, 5.41) is 8.89. The van der Waals surface area contributed by atoms with Gasteiger partial charge in [-0.25, -0.2) is 9.13 Å². The van der Waals surface area contributed by atoms with Crippen LogP contribution in [0, 0.1) is 6.92 Å². The van der Waals surface area contributed by atoms with Crippen molar-refractivity contribution in [3.8, 4) is 0 Å². The van der Waals surface area contributed by atoms with Crippen LogP contribution in [0.15, 0.2) is 12.4 Å². The van der Waals surface area contributed by atoms with E-state index in [9.17, 15) is 0 Å². The number of carbonyl (C=O) groups excluding carboxylic acids is 1. The van der Waals surface area contributed by atoms with Crippen molar-refractivity contribution in [1.82, 2.24) is 4.57 Å². The lowest BCUT2D eigenvalue weighted by Gasteiger charge is -1.90. The topological polar surface area (TPSA) is 80.4 Å². The Kier molecular flexibility index (Phi) is 7.65. The Balaban J connectivity index is 0. The molecule has 0 amide bonds. The van der Waals surface area contributed by atoms with E-state index < -0.39 is 5.97 Å². The van der Waals surface area contributed by atoms with Gasteiger partial charge in [-0.1, -0.05) is 0 Å². The molecular formula is C9H18N2O3. The summed E-state index contributed by atoms with van der Waals surface area (Å²) in [4.78, 5) is 8.89. The van der Waals surface area contributed by atoms with Gasteiger partial charge in [-0.15, -0.1) is 0 Å². The molecule has 1 heterocycles. The molecule has 14 heavy (non-hydrogen) atoms. The Morgan fingerprint density at radius 3 is 2.21 bits per heavy atom. The molecule has 0 aliphatic heterocycles. The number of aliphatic carboxylic acids is 1. The number of aryl methyl sites for hydroxylation is 2. The molecule has 0 unspecified atom stereocenters. The first-order chi connectivity index (χ1) is 5.99. The first-order valence-corrected chi connectivity index (χ1v) is 4.18. The molecule has 0 saturated heterocycles. The first kappa shape index (κ1) is 15.1. The Bertz CT molecular complexity index is 278. The quantitative estimate of drug-likeness (QED) is 0.523. The largest absolute Gasteiger partial charge is 0.550 e. The SMILES string of the molecule is CC(=O)[O-].CCn1cc[n+](C)c1C.O. The summed E-state index contributed by atoms with van der Waals surface area (Å²) in [5.41, 5.74) is 0. The van der Waals surface area contributed by atoms with Gasteiger partial charge in [0.05, 0.1) is 13.6 Å². The van der Waals surface area contributed by atoms with Gasteiger partial charge in [0.1, 0.15) is 12.4 Å². The van der Waals surface area contributed by atoms with E-state index in [1.807, 2.05) is 0 Å². The average molecular weight is 202 g/mol. The molecule has 5 nitrogen and oxygen atoms in total. The number of carboxylic acids is 1. The summed E-state index contributed by atoms with van der Waals surface area (Å²) in [6.45, 7) is 6.29. The lowest BCUT2D eigenvalue weighted by Crippen LogP contribution is -2.29.